The fraction of sp³-hybridized carbons (Fsp3) is 0.0833. The molecule has 0 unspecified atom stereocenters. The highest BCUT2D eigenvalue weighted by atomic mass is 79.9. The predicted molar refractivity (Wildman–Crippen MR) is 69.3 cm³/mol. The number of nitro benzene ring substituents is 1. The van der Waals surface area contributed by atoms with Gasteiger partial charge in [0, 0.05) is 22.3 Å². The Morgan fingerprint density at radius 3 is 2.89 bits per heavy atom. The third kappa shape index (κ3) is 3.25. The Labute approximate surface area is 116 Å². The van der Waals surface area contributed by atoms with Crippen LogP contribution in [-0.4, -0.2) is 9.91 Å². The van der Waals surface area contributed by atoms with Crippen molar-refractivity contribution >= 4 is 21.6 Å². The van der Waals surface area contributed by atoms with Crippen LogP contribution < -0.4 is 4.74 Å². The minimum atomic E-state index is -0.879. The zero-order valence-corrected chi connectivity index (χ0v) is 11.1. The third-order valence-electron chi connectivity index (χ3n) is 2.33. The number of aromatic nitrogens is 1. The van der Waals surface area contributed by atoms with Gasteiger partial charge in [0.2, 0.25) is 5.82 Å². The summed E-state index contributed by atoms with van der Waals surface area (Å²) in [5, 5.41) is 10.6. The lowest BCUT2D eigenvalue weighted by atomic mass is 10.2. The number of hydrogen-bond acceptors (Lipinski definition) is 4. The normalized spacial score (nSPS) is 10.2. The first-order valence-electron chi connectivity index (χ1n) is 5.23. The van der Waals surface area contributed by atoms with Gasteiger partial charge in [-0.15, -0.1) is 0 Å². The Morgan fingerprint density at radius 2 is 2.21 bits per heavy atom. The first-order valence-corrected chi connectivity index (χ1v) is 6.02. The second-order valence-electron chi connectivity index (χ2n) is 3.63. The molecule has 1 heterocycles. The Hall–Kier alpha value is -2.02. The van der Waals surface area contributed by atoms with E-state index in [4.69, 9.17) is 4.74 Å². The highest BCUT2D eigenvalue weighted by molar-refractivity contribution is 9.10. The molecule has 0 aliphatic carbocycles. The summed E-state index contributed by atoms with van der Waals surface area (Å²) in [5.41, 5.74) is -0.442. The third-order valence-corrected chi connectivity index (χ3v) is 2.76. The number of benzene rings is 1. The van der Waals surface area contributed by atoms with Crippen LogP contribution in [0.4, 0.5) is 10.1 Å². The molecule has 0 radical (unpaired) electrons. The molecular weight excluding hydrogens is 319 g/mol. The number of hydrogen-bond donors (Lipinski definition) is 0. The second kappa shape index (κ2) is 5.75. The Morgan fingerprint density at radius 1 is 1.42 bits per heavy atom. The van der Waals surface area contributed by atoms with Crippen LogP contribution >= 0.6 is 15.9 Å². The summed E-state index contributed by atoms with van der Waals surface area (Å²) in [6.45, 7) is -0.106. The second-order valence-corrected chi connectivity index (χ2v) is 4.55. The predicted octanol–water partition coefficient (Wildman–Crippen LogP) is 3.47. The van der Waals surface area contributed by atoms with Crippen LogP contribution in [0.2, 0.25) is 0 Å². The Kier molecular flexibility index (Phi) is 4.06. The molecule has 98 valence electrons. The van der Waals surface area contributed by atoms with Crippen LogP contribution in [0.1, 0.15) is 5.56 Å². The van der Waals surface area contributed by atoms with E-state index in [1.165, 1.54) is 18.3 Å². The molecule has 0 amide bonds. The molecule has 0 aliphatic heterocycles. The van der Waals surface area contributed by atoms with Gasteiger partial charge in [0.25, 0.3) is 0 Å². The number of rotatable bonds is 4. The largest absolute Gasteiger partial charge is 0.487 e. The molecule has 0 aliphatic rings. The van der Waals surface area contributed by atoms with Crippen molar-refractivity contribution in [3.63, 3.8) is 0 Å². The fourth-order valence-corrected chi connectivity index (χ4v) is 1.79. The van der Waals surface area contributed by atoms with Crippen molar-refractivity contribution in [1.29, 1.82) is 0 Å². The van der Waals surface area contributed by atoms with Crippen molar-refractivity contribution in [2.45, 2.75) is 6.61 Å². The molecule has 0 bridgehead atoms. The van der Waals surface area contributed by atoms with Gasteiger partial charge in [-0.1, -0.05) is 12.1 Å². The molecule has 0 saturated carbocycles. The number of pyridine rings is 1. The van der Waals surface area contributed by atoms with Crippen molar-refractivity contribution in [3.8, 4) is 5.75 Å². The van der Waals surface area contributed by atoms with Gasteiger partial charge in [0.1, 0.15) is 12.4 Å². The van der Waals surface area contributed by atoms with Crippen LogP contribution in [-0.2, 0) is 6.61 Å². The van der Waals surface area contributed by atoms with Crippen LogP contribution in [0.5, 0.6) is 5.75 Å². The van der Waals surface area contributed by atoms with Crippen molar-refractivity contribution in [2.24, 2.45) is 0 Å². The number of halogens is 2. The van der Waals surface area contributed by atoms with Gasteiger partial charge < -0.3 is 4.74 Å². The van der Waals surface area contributed by atoms with E-state index in [1.54, 1.807) is 12.3 Å². The number of nitrogens with zero attached hydrogens (tertiary/aromatic N) is 2. The van der Waals surface area contributed by atoms with Gasteiger partial charge in [0.05, 0.1) is 11.1 Å². The van der Waals surface area contributed by atoms with Gasteiger partial charge in [-0.3, -0.25) is 15.1 Å². The van der Waals surface area contributed by atoms with E-state index in [9.17, 15) is 14.5 Å². The summed E-state index contributed by atoms with van der Waals surface area (Å²) in [7, 11) is 0. The van der Waals surface area contributed by atoms with Crippen LogP contribution in [0.25, 0.3) is 0 Å². The summed E-state index contributed by atoms with van der Waals surface area (Å²) < 4.78 is 19.8. The zero-order chi connectivity index (χ0) is 13.8. The zero-order valence-electron chi connectivity index (χ0n) is 9.55. The molecular formula is C12H8BrFN2O3. The van der Waals surface area contributed by atoms with Gasteiger partial charge in [0.15, 0.2) is 0 Å². The average molecular weight is 327 g/mol. The first kappa shape index (κ1) is 13.4. The highest BCUT2D eigenvalue weighted by Gasteiger charge is 2.17. The molecule has 19 heavy (non-hydrogen) atoms. The van der Waals surface area contributed by atoms with Gasteiger partial charge >= 0.3 is 5.69 Å². The summed E-state index contributed by atoms with van der Waals surface area (Å²) in [6, 6.07) is 5.63. The van der Waals surface area contributed by atoms with E-state index >= 15 is 0 Å². The fourth-order valence-electron chi connectivity index (χ4n) is 1.45. The maximum absolute atomic E-state index is 13.8. The van der Waals surface area contributed by atoms with Crippen molar-refractivity contribution in [2.75, 3.05) is 0 Å². The molecule has 1 aromatic carbocycles. The molecule has 0 fully saturated rings. The van der Waals surface area contributed by atoms with Crippen LogP contribution in [0.15, 0.2) is 41.1 Å². The van der Waals surface area contributed by atoms with Crippen molar-refractivity contribution in [1.82, 2.24) is 4.98 Å². The maximum Gasteiger partial charge on any atom is 0.305 e. The monoisotopic (exact) mass is 326 g/mol. The van der Waals surface area contributed by atoms with E-state index in [1.807, 2.05) is 0 Å². The van der Waals surface area contributed by atoms with Gasteiger partial charge in [-0.2, -0.15) is 4.39 Å². The SMILES string of the molecule is O=[N+]([O-])c1cccc(COc2cncc(Br)c2)c1F. The minimum Gasteiger partial charge on any atom is -0.487 e. The Balaban J connectivity index is 2.16. The van der Waals surface area contributed by atoms with Crippen LogP contribution in [0, 0.1) is 15.9 Å². The topological polar surface area (TPSA) is 65.3 Å². The van der Waals surface area contributed by atoms with Gasteiger partial charge in [-0.05, 0) is 22.0 Å². The summed E-state index contributed by atoms with van der Waals surface area (Å²) in [6.07, 6.45) is 3.06. The first-order chi connectivity index (χ1) is 9.08. The lowest BCUT2D eigenvalue weighted by Crippen LogP contribution is -2.02. The molecule has 0 N–H and O–H groups in total. The summed E-state index contributed by atoms with van der Waals surface area (Å²) in [5.74, 6) is -0.435. The van der Waals surface area contributed by atoms with Gasteiger partial charge in [-0.25, -0.2) is 0 Å². The Bertz CT molecular complexity index is 622. The molecule has 2 aromatic rings. The molecule has 5 nitrogen and oxygen atoms in total. The van der Waals surface area contributed by atoms with E-state index in [2.05, 4.69) is 20.9 Å². The molecule has 1 aromatic heterocycles. The minimum absolute atomic E-state index is 0.106. The van der Waals surface area contributed by atoms with Crippen LogP contribution in [0.3, 0.4) is 0 Å². The average Bonchev–Trinajstić information content (AvgIpc) is 2.37. The molecule has 7 heteroatoms. The van der Waals surface area contributed by atoms with E-state index in [0.29, 0.717) is 5.75 Å². The quantitative estimate of drug-likeness (QED) is 0.637. The lowest BCUT2D eigenvalue weighted by Gasteiger charge is -2.07. The smallest absolute Gasteiger partial charge is 0.305 e. The molecule has 0 spiro atoms. The summed E-state index contributed by atoms with van der Waals surface area (Å²) in [4.78, 5) is 13.7. The maximum atomic E-state index is 13.8. The molecule has 0 saturated heterocycles. The summed E-state index contributed by atoms with van der Waals surface area (Å²) >= 11 is 3.23. The van der Waals surface area contributed by atoms with Crippen molar-refractivity contribution in [3.05, 3.63) is 62.6 Å². The van der Waals surface area contributed by atoms with E-state index in [0.717, 1.165) is 10.5 Å². The lowest BCUT2D eigenvalue weighted by molar-refractivity contribution is -0.387. The van der Waals surface area contributed by atoms with E-state index < -0.39 is 16.4 Å². The van der Waals surface area contributed by atoms with E-state index in [-0.39, 0.29) is 12.2 Å². The molecule has 0 atom stereocenters. The highest BCUT2D eigenvalue weighted by Crippen LogP contribution is 2.22. The van der Waals surface area contributed by atoms with Crippen molar-refractivity contribution < 1.29 is 14.1 Å². The number of ether oxygens (including phenoxy) is 1. The molecule has 2 rings (SSSR count). The number of nitro groups is 1. The standard InChI is InChI=1S/C12H8BrFN2O3/c13-9-4-10(6-15-5-9)19-7-8-2-1-3-11(12(8)14)16(17)18/h1-6H,7H2.